The number of amides is 1. The third kappa shape index (κ3) is 4.55. The van der Waals surface area contributed by atoms with Gasteiger partial charge < -0.3 is 19.9 Å². The van der Waals surface area contributed by atoms with Crippen LogP contribution in [-0.4, -0.2) is 48.8 Å². The van der Waals surface area contributed by atoms with E-state index in [9.17, 15) is 9.90 Å². The van der Waals surface area contributed by atoms with E-state index in [4.69, 9.17) is 9.47 Å². The van der Waals surface area contributed by atoms with Crippen LogP contribution in [0.3, 0.4) is 0 Å². The number of aliphatic hydroxyl groups is 1. The zero-order chi connectivity index (χ0) is 21.8. The van der Waals surface area contributed by atoms with E-state index in [0.717, 1.165) is 48.4 Å². The Bertz CT molecular complexity index is 901. The van der Waals surface area contributed by atoms with Crippen LogP contribution < -0.4 is 14.8 Å². The lowest BCUT2D eigenvalue weighted by atomic mass is 9.66. The van der Waals surface area contributed by atoms with Crippen molar-refractivity contribution in [3.8, 4) is 11.5 Å². The summed E-state index contributed by atoms with van der Waals surface area (Å²) in [7, 11) is 3.30. The van der Waals surface area contributed by atoms with Crippen molar-refractivity contribution in [1.29, 1.82) is 0 Å². The topological polar surface area (TPSA) is 71.0 Å². The molecule has 2 N–H and O–H groups in total. The number of anilines is 1. The van der Waals surface area contributed by atoms with Crippen molar-refractivity contribution < 1.29 is 19.4 Å². The second kappa shape index (κ2) is 9.28. The number of methoxy groups -OCH3 is 2. The van der Waals surface area contributed by atoms with Crippen LogP contribution in [0.25, 0.3) is 0 Å². The van der Waals surface area contributed by atoms with Crippen LogP contribution in [-0.2, 0) is 4.79 Å². The second-order valence-corrected chi connectivity index (χ2v) is 8.64. The van der Waals surface area contributed by atoms with E-state index in [-0.39, 0.29) is 24.4 Å². The number of hydrogen-bond acceptors (Lipinski definition) is 5. The molecule has 4 rings (SSSR count). The number of carbonyl (C=O) groups is 1. The monoisotopic (exact) mass is 424 g/mol. The number of ether oxygens (including phenoxy) is 2. The molecule has 0 radical (unpaired) electrons. The Kier molecular flexibility index (Phi) is 6.49. The lowest BCUT2D eigenvalue weighted by Gasteiger charge is -2.52. The Morgan fingerprint density at radius 1 is 1.10 bits per heavy atom. The minimum Gasteiger partial charge on any atom is -0.497 e. The number of likely N-dealkylation sites (tertiary alicyclic amines) is 1. The van der Waals surface area contributed by atoms with E-state index < -0.39 is 5.60 Å². The number of piperidine rings is 1. The standard InChI is InChI=1S/C25H32N2O4/c1-30-19-12-10-18(11-13-19)26-23(28)17-27-16-15-25(29)14-6-5-8-21(25)24(27)20-7-3-4-9-22(20)31-2/h3-4,7,9-13,21,24,29H,5-6,8,14-17H2,1-2H3,(H,26,28)/t21-,24+,25+/m1/s1. The van der Waals surface area contributed by atoms with Gasteiger partial charge in [0.1, 0.15) is 11.5 Å². The van der Waals surface area contributed by atoms with E-state index in [1.54, 1.807) is 14.2 Å². The van der Waals surface area contributed by atoms with Crippen LogP contribution in [0.15, 0.2) is 48.5 Å². The molecule has 1 saturated carbocycles. The molecule has 1 aliphatic heterocycles. The normalized spacial score (nSPS) is 26.0. The molecule has 2 aromatic rings. The highest BCUT2D eigenvalue weighted by Gasteiger charge is 2.49. The lowest BCUT2D eigenvalue weighted by Crippen LogP contribution is -2.56. The summed E-state index contributed by atoms with van der Waals surface area (Å²) in [4.78, 5) is 15.1. The van der Waals surface area contributed by atoms with Gasteiger partial charge in [0.2, 0.25) is 5.91 Å². The summed E-state index contributed by atoms with van der Waals surface area (Å²) in [5.74, 6) is 1.58. The molecule has 0 bridgehead atoms. The predicted octanol–water partition coefficient (Wildman–Crippen LogP) is 4.01. The minimum atomic E-state index is -0.674. The molecule has 1 amide bonds. The van der Waals surface area contributed by atoms with Crippen LogP contribution >= 0.6 is 0 Å². The first kappa shape index (κ1) is 21.7. The van der Waals surface area contributed by atoms with E-state index >= 15 is 0 Å². The number of fused-ring (bicyclic) bond motifs is 1. The molecule has 0 unspecified atom stereocenters. The second-order valence-electron chi connectivity index (χ2n) is 8.64. The number of para-hydroxylation sites is 1. The summed E-state index contributed by atoms with van der Waals surface area (Å²) in [6.45, 7) is 0.938. The molecule has 6 heteroatoms. The maximum atomic E-state index is 12.9. The summed E-state index contributed by atoms with van der Waals surface area (Å²) in [5.41, 5.74) is 1.12. The molecule has 6 nitrogen and oxygen atoms in total. The number of hydrogen-bond donors (Lipinski definition) is 2. The summed E-state index contributed by atoms with van der Waals surface area (Å²) in [5, 5.41) is 14.4. The summed E-state index contributed by atoms with van der Waals surface area (Å²) in [6, 6.07) is 15.3. The van der Waals surface area contributed by atoms with Gasteiger partial charge in [0.25, 0.3) is 0 Å². The number of nitrogens with one attached hydrogen (secondary N) is 1. The van der Waals surface area contributed by atoms with Gasteiger partial charge in [-0.25, -0.2) is 0 Å². The average molecular weight is 425 g/mol. The molecule has 0 spiro atoms. The third-order valence-corrected chi connectivity index (χ3v) is 6.85. The first-order chi connectivity index (χ1) is 15.0. The van der Waals surface area contributed by atoms with Crippen molar-refractivity contribution in [3.63, 3.8) is 0 Å². The fourth-order valence-electron chi connectivity index (χ4n) is 5.30. The fourth-order valence-corrected chi connectivity index (χ4v) is 5.30. The number of carbonyl (C=O) groups excluding carboxylic acids is 1. The highest BCUT2D eigenvalue weighted by Crippen LogP contribution is 2.50. The molecule has 1 heterocycles. The van der Waals surface area contributed by atoms with Crippen molar-refractivity contribution in [2.24, 2.45) is 5.92 Å². The van der Waals surface area contributed by atoms with Crippen LogP contribution in [0.1, 0.15) is 43.7 Å². The van der Waals surface area contributed by atoms with Crippen molar-refractivity contribution in [1.82, 2.24) is 4.90 Å². The van der Waals surface area contributed by atoms with Crippen molar-refractivity contribution >= 4 is 11.6 Å². The SMILES string of the molecule is COc1ccc(NC(=O)CN2CC[C@@]3(O)CCCC[C@@H]3[C@@H]2c2ccccc2OC)cc1. The summed E-state index contributed by atoms with van der Waals surface area (Å²) >= 11 is 0. The quantitative estimate of drug-likeness (QED) is 0.733. The van der Waals surface area contributed by atoms with Gasteiger partial charge in [-0.05, 0) is 49.6 Å². The van der Waals surface area contributed by atoms with Crippen LogP contribution in [0.2, 0.25) is 0 Å². The van der Waals surface area contributed by atoms with Gasteiger partial charge in [0.15, 0.2) is 0 Å². The molecule has 31 heavy (non-hydrogen) atoms. The number of benzene rings is 2. The highest BCUT2D eigenvalue weighted by molar-refractivity contribution is 5.92. The molecule has 2 aliphatic rings. The van der Waals surface area contributed by atoms with Gasteiger partial charge in [-0.2, -0.15) is 0 Å². The minimum absolute atomic E-state index is 0.0585. The molecule has 1 aliphatic carbocycles. The Hall–Kier alpha value is -2.57. The molecule has 2 fully saturated rings. The van der Waals surface area contributed by atoms with E-state index in [1.165, 1.54) is 0 Å². The summed E-state index contributed by atoms with van der Waals surface area (Å²) in [6.07, 6.45) is 4.64. The molecular weight excluding hydrogens is 392 g/mol. The molecular formula is C25H32N2O4. The van der Waals surface area contributed by atoms with Gasteiger partial charge in [-0.3, -0.25) is 9.69 Å². The third-order valence-electron chi connectivity index (χ3n) is 6.85. The van der Waals surface area contributed by atoms with Gasteiger partial charge >= 0.3 is 0 Å². The lowest BCUT2D eigenvalue weighted by molar-refractivity contribution is -0.135. The van der Waals surface area contributed by atoms with Crippen LogP contribution in [0, 0.1) is 5.92 Å². The number of nitrogens with zero attached hydrogens (tertiary/aromatic N) is 1. The Balaban J connectivity index is 1.57. The van der Waals surface area contributed by atoms with Crippen molar-refractivity contribution in [3.05, 3.63) is 54.1 Å². The van der Waals surface area contributed by atoms with Gasteiger partial charge in [-0.1, -0.05) is 31.0 Å². The Morgan fingerprint density at radius 2 is 1.87 bits per heavy atom. The molecule has 166 valence electrons. The first-order valence-corrected chi connectivity index (χ1v) is 11.1. The van der Waals surface area contributed by atoms with Crippen molar-refractivity contribution in [2.45, 2.75) is 43.7 Å². The zero-order valence-electron chi connectivity index (χ0n) is 18.3. The van der Waals surface area contributed by atoms with Gasteiger partial charge in [-0.15, -0.1) is 0 Å². The zero-order valence-corrected chi connectivity index (χ0v) is 18.3. The molecule has 2 aromatic carbocycles. The Morgan fingerprint density at radius 3 is 2.61 bits per heavy atom. The maximum absolute atomic E-state index is 12.9. The van der Waals surface area contributed by atoms with E-state index in [2.05, 4.69) is 16.3 Å². The smallest absolute Gasteiger partial charge is 0.238 e. The fraction of sp³-hybridized carbons (Fsp3) is 0.480. The van der Waals surface area contributed by atoms with Crippen molar-refractivity contribution in [2.75, 3.05) is 32.6 Å². The van der Waals surface area contributed by atoms with E-state index in [1.807, 2.05) is 42.5 Å². The highest BCUT2D eigenvalue weighted by atomic mass is 16.5. The first-order valence-electron chi connectivity index (χ1n) is 11.1. The predicted molar refractivity (Wildman–Crippen MR) is 120 cm³/mol. The van der Waals surface area contributed by atoms with Crippen LogP contribution in [0.4, 0.5) is 5.69 Å². The van der Waals surface area contributed by atoms with Gasteiger partial charge in [0.05, 0.1) is 26.4 Å². The summed E-state index contributed by atoms with van der Waals surface area (Å²) < 4.78 is 10.8. The maximum Gasteiger partial charge on any atom is 0.238 e. The van der Waals surface area contributed by atoms with Crippen LogP contribution in [0.5, 0.6) is 11.5 Å². The molecule has 1 saturated heterocycles. The largest absolute Gasteiger partial charge is 0.497 e. The van der Waals surface area contributed by atoms with Gasteiger partial charge in [0, 0.05) is 29.8 Å². The van der Waals surface area contributed by atoms with E-state index in [0.29, 0.717) is 13.0 Å². The molecule has 0 aromatic heterocycles. The number of rotatable bonds is 6. The average Bonchev–Trinajstić information content (AvgIpc) is 2.79. The Labute approximate surface area is 184 Å². The molecule has 3 atom stereocenters.